The fourth-order valence-corrected chi connectivity index (χ4v) is 5.61. The molecule has 2 heterocycles. The van der Waals surface area contributed by atoms with Crippen molar-refractivity contribution in [2.24, 2.45) is 0 Å². The van der Waals surface area contributed by atoms with Crippen LogP contribution < -0.4 is 16.0 Å². The standard InChI is InChI=1S/C34H43F2N7O5/c1-6-28(44)39-29(34(47)42-18-16-41(4)17-19-42)21(3)23-10-13-26(25(36)20-23)38-33(46)30(31(48-5)22-8-11-24(35)12-9-22)40-32(45)27-14-15-37-43(27)7-2/h8-15,20-21,29-31H,6-7,16-19H2,1-5H3,(H,38,46)(H,39,44)(H,40,45)/t21-,29+,30?,31?/m0/s1. The Kier molecular flexibility index (Phi) is 12.4. The fraction of sp³-hybridized carbons (Fsp3) is 0.441. The van der Waals surface area contributed by atoms with Gasteiger partial charge in [0.25, 0.3) is 5.91 Å². The Bertz CT molecular complexity index is 1590. The highest BCUT2D eigenvalue weighted by molar-refractivity contribution is 6.01. The lowest BCUT2D eigenvalue weighted by molar-refractivity contribution is -0.138. The van der Waals surface area contributed by atoms with E-state index in [4.69, 9.17) is 4.74 Å². The first kappa shape index (κ1) is 36.2. The highest BCUT2D eigenvalue weighted by Crippen LogP contribution is 2.27. The maximum absolute atomic E-state index is 15.7. The number of benzene rings is 2. The van der Waals surface area contributed by atoms with Crippen LogP contribution in [0.1, 0.15) is 60.8 Å². The third-order valence-corrected chi connectivity index (χ3v) is 8.57. The Morgan fingerprint density at radius 3 is 2.19 bits per heavy atom. The van der Waals surface area contributed by atoms with Gasteiger partial charge in [0.1, 0.15) is 35.5 Å². The number of amides is 4. The average Bonchev–Trinajstić information content (AvgIpc) is 3.57. The molecular weight excluding hydrogens is 624 g/mol. The smallest absolute Gasteiger partial charge is 0.270 e. The molecule has 1 aliphatic heterocycles. The van der Waals surface area contributed by atoms with E-state index in [2.05, 4.69) is 25.9 Å². The van der Waals surface area contributed by atoms with Crippen molar-refractivity contribution in [3.8, 4) is 0 Å². The van der Waals surface area contributed by atoms with Gasteiger partial charge in [0, 0.05) is 58.4 Å². The minimum atomic E-state index is -1.37. The molecule has 0 spiro atoms. The SMILES string of the molecule is CCC(=O)N[C@@H](C(=O)N1CCN(C)CC1)[C@@H](C)c1ccc(NC(=O)C(NC(=O)c2ccnn2CC)C(OC)c2ccc(F)cc2)c(F)c1. The number of nitrogens with one attached hydrogen (secondary N) is 3. The fourth-order valence-electron chi connectivity index (χ4n) is 5.61. The highest BCUT2D eigenvalue weighted by Gasteiger charge is 2.35. The van der Waals surface area contributed by atoms with E-state index in [1.165, 1.54) is 60.5 Å². The molecule has 3 N–H and O–H groups in total. The first-order valence-electron chi connectivity index (χ1n) is 15.9. The molecule has 258 valence electrons. The molecule has 2 unspecified atom stereocenters. The summed E-state index contributed by atoms with van der Waals surface area (Å²) in [4.78, 5) is 56.8. The van der Waals surface area contributed by atoms with Gasteiger partial charge in [0.15, 0.2) is 0 Å². The van der Waals surface area contributed by atoms with Crippen molar-refractivity contribution in [1.82, 2.24) is 30.2 Å². The summed E-state index contributed by atoms with van der Waals surface area (Å²) < 4.78 is 36.5. The normalized spacial score (nSPS) is 16.0. The highest BCUT2D eigenvalue weighted by atomic mass is 19.1. The zero-order chi connectivity index (χ0) is 35.0. The number of aromatic nitrogens is 2. The number of likely N-dealkylation sites (N-methyl/N-ethyl adjacent to an activating group) is 1. The van der Waals surface area contributed by atoms with Gasteiger partial charge >= 0.3 is 0 Å². The Balaban J connectivity index is 1.59. The number of anilines is 1. The van der Waals surface area contributed by atoms with Crippen LogP contribution in [0, 0.1) is 11.6 Å². The quantitative estimate of drug-likeness (QED) is 0.255. The molecular formula is C34H43F2N7O5. The lowest BCUT2D eigenvalue weighted by atomic mass is 9.91. The number of rotatable bonds is 13. The molecule has 14 heteroatoms. The van der Waals surface area contributed by atoms with Gasteiger partial charge in [0.05, 0.1) is 5.69 Å². The van der Waals surface area contributed by atoms with Crippen LogP contribution >= 0.6 is 0 Å². The summed E-state index contributed by atoms with van der Waals surface area (Å²) in [6.07, 6.45) is 0.562. The van der Waals surface area contributed by atoms with Gasteiger partial charge < -0.3 is 30.5 Å². The van der Waals surface area contributed by atoms with E-state index >= 15 is 4.39 Å². The topological polar surface area (TPSA) is 138 Å². The van der Waals surface area contributed by atoms with Crippen LogP contribution in [0.25, 0.3) is 0 Å². The molecule has 0 saturated carbocycles. The molecule has 1 saturated heterocycles. The second-order valence-corrected chi connectivity index (χ2v) is 11.7. The maximum Gasteiger partial charge on any atom is 0.270 e. The van der Waals surface area contributed by atoms with Crippen LogP contribution in [0.5, 0.6) is 0 Å². The summed E-state index contributed by atoms with van der Waals surface area (Å²) >= 11 is 0. The van der Waals surface area contributed by atoms with Crippen molar-refractivity contribution in [2.45, 2.75) is 57.8 Å². The summed E-state index contributed by atoms with van der Waals surface area (Å²) in [6, 6.07) is 8.62. The Labute approximate surface area is 278 Å². The van der Waals surface area contributed by atoms with Gasteiger partial charge in [-0.2, -0.15) is 5.10 Å². The van der Waals surface area contributed by atoms with Gasteiger partial charge in [-0.25, -0.2) is 8.78 Å². The van der Waals surface area contributed by atoms with Crippen LogP contribution in [0.4, 0.5) is 14.5 Å². The molecule has 0 radical (unpaired) electrons. The van der Waals surface area contributed by atoms with Crippen LogP contribution in [0.2, 0.25) is 0 Å². The van der Waals surface area contributed by atoms with E-state index in [9.17, 15) is 23.6 Å². The van der Waals surface area contributed by atoms with Gasteiger partial charge in [-0.1, -0.05) is 32.0 Å². The number of halogens is 2. The number of hydrogen-bond donors (Lipinski definition) is 3. The second-order valence-electron chi connectivity index (χ2n) is 11.7. The van der Waals surface area contributed by atoms with Crippen molar-refractivity contribution in [3.63, 3.8) is 0 Å². The lowest BCUT2D eigenvalue weighted by Crippen LogP contribution is -2.55. The zero-order valence-corrected chi connectivity index (χ0v) is 27.8. The van der Waals surface area contributed by atoms with Gasteiger partial charge in [0.2, 0.25) is 17.7 Å². The molecule has 3 aromatic rings. The van der Waals surface area contributed by atoms with E-state index in [1.54, 1.807) is 31.7 Å². The predicted molar refractivity (Wildman–Crippen MR) is 175 cm³/mol. The third kappa shape index (κ3) is 8.61. The largest absolute Gasteiger partial charge is 0.374 e. The van der Waals surface area contributed by atoms with E-state index < -0.39 is 47.6 Å². The minimum absolute atomic E-state index is 0.178. The molecule has 12 nitrogen and oxygen atoms in total. The van der Waals surface area contributed by atoms with E-state index in [0.717, 1.165) is 0 Å². The Morgan fingerprint density at radius 1 is 0.917 bits per heavy atom. The Hall–Kier alpha value is -4.69. The minimum Gasteiger partial charge on any atom is -0.374 e. The third-order valence-electron chi connectivity index (χ3n) is 8.57. The van der Waals surface area contributed by atoms with Gasteiger partial charge in [-0.05, 0) is 55.4 Å². The summed E-state index contributed by atoms with van der Waals surface area (Å²) in [5, 5.41) is 12.1. The van der Waals surface area contributed by atoms with E-state index in [-0.39, 0.29) is 29.6 Å². The molecule has 2 aromatic carbocycles. The molecule has 1 fully saturated rings. The van der Waals surface area contributed by atoms with Crippen LogP contribution in [0.15, 0.2) is 54.7 Å². The first-order chi connectivity index (χ1) is 23.0. The van der Waals surface area contributed by atoms with Crippen molar-refractivity contribution in [2.75, 3.05) is 45.7 Å². The van der Waals surface area contributed by atoms with Crippen molar-refractivity contribution in [1.29, 1.82) is 0 Å². The average molecular weight is 668 g/mol. The lowest BCUT2D eigenvalue weighted by Gasteiger charge is -2.36. The molecule has 4 amide bonds. The summed E-state index contributed by atoms with van der Waals surface area (Å²) in [5.74, 6) is -3.84. The molecule has 48 heavy (non-hydrogen) atoms. The number of aryl methyl sites for hydroxylation is 1. The second kappa shape index (κ2) is 16.4. The van der Waals surface area contributed by atoms with Crippen LogP contribution in [-0.2, 0) is 25.7 Å². The first-order valence-corrected chi connectivity index (χ1v) is 15.9. The number of piperazine rings is 1. The van der Waals surface area contributed by atoms with Gasteiger partial charge in [-0.15, -0.1) is 0 Å². The Morgan fingerprint density at radius 2 is 1.58 bits per heavy atom. The summed E-state index contributed by atoms with van der Waals surface area (Å²) in [5.41, 5.74) is 0.859. The maximum atomic E-state index is 15.7. The summed E-state index contributed by atoms with van der Waals surface area (Å²) in [7, 11) is 3.31. The number of hydrogen-bond acceptors (Lipinski definition) is 7. The number of nitrogens with zero attached hydrogens (tertiary/aromatic N) is 4. The zero-order valence-electron chi connectivity index (χ0n) is 27.8. The number of methoxy groups -OCH3 is 1. The van der Waals surface area contributed by atoms with Crippen LogP contribution in [0.3, 0.4) is 0 Å². The van der Waals surface area contributed by atoms with E-state index in [0.29, 0.717) is 43.9 Å². The van der Waals surface area contributed by atoms with Crippen molar-refractivity contribution in [3.05, 3.63) is 83.2 Å². The summed E-state index contributed by atoms with van der Waals surface area (Å²) in [6.45, 7) is 8.06. The van der Waals surface area contributed by atoms with Gasteiger partial charge in [-0.3, -0.25) is 23.9 Å². The number of carbonyl (C=O) groups excluding carboxylic acids is 4. The molecule has 4 rings (SSSR count). The monoisotopic (exact) mass is 667 g/mol. The predicted octanol–water partition coefficient (Wildman–Crippen LogP) is 3.08. The van der Waals surface area contributed by atoms with E-state index in [1.807, 2.05) is 7.05 Å². The van der Waals surface area contributed by atoms with Crippen LogP contribution in [-0.4, -0.2) is 95.6 Å². The molecule has 4 atom stereocenters. The van der Waals surface area contributed by atoms with Crippen molar-refractivity contribution < 1.29 is 32.7 Å². The van der Waals surface area contributed by atoms with Crippen molar-refractivity contribution >= 4 is 29.3 Å². The molecule has 0 bridgehead atoms. The number of ether oxygens (including phenoxy) is 1. The molecule has 1 aliphatic rings. The molecule has 1 aromatic heterocycles. The molecule has 0 aliphatic carbocycles. The number of carbonyl (C=O) groups is 4.